The van der Waals surface area contributed by atoms with Gasteiger partial charge in [0, 0.05) is 19.3 Å². The van der Waals surface area contributed by atoms with Crippen molar-refractivity contribution in [2.24, 2.45) is 0 Å². The molecule has 1 atom stereocenters. The lowest BCUT2D eigenvalue weighted by atomic mass is 10.1. The van der Waals surface area contributed by atoms with E-state index in [4.69, 9.17) is 14.2 Å². The molecule has 0 aliphatic rings. The number of hydrogen-bond donors (Lipinski definition) is 0. The summed E-state index contributed by atoms with van der Waals surface area (Å²) >= 11 is 0. The monoisotopic (exact) mass is 861 g/mol. The van der Waals surface area contributed by atoms with E-state index in [1.807, 2.05) is 12.2 Å². The highest BCUT2D eigenvalue weighted by atomic mass is 16.6. The smallest absolute Gasteiger partial charge is 0.306 e. The van der Waals surface area contributed by atoms with Crippen molar-refractivity contribution in [3.63, 3.8) is 0 Å². The Kier molecular flexibility index (Phi) is 47.0. The summed E-state index contributed by atoms with van der Waals surface area (Å²) in [6.07, 6.45) is 65.4. The minimum Gasteiger partial charge on any atom is -0.462 e. The van der Waals surface area contributed by atoms with Crippen molar-refractivity contribution in [1.29, 1.82) is 0 Å². The standard InChI is InChI=1S/C56H92O6/c1-4-7-10-13-16-19-22-24-26-27-28-29-31-32-34-37-40-43-46-49-55(58)61-52-53(51-60-54(57)48-45-42-39-36-21-18-15-12-9-6-3)62-56(59)50-47-44-41-38-35-33-30-25-23-20-17-14-11-8-5-2/h7,10,16-17,19-20,23-26,28-29,32,34,40,43,53H,4-6,8-9,11-15,18,21-22,27,30-31,33,35-39,41-42,44-52H2,1-3H3/b10-7-,19-16-,20-17-,25-23-,26-24-,29-28-,34-32-,43-40-. The Hall–Kier alpha value is -3.67. The number of allylic oxidation sites excluding steroid dienone is 16. The SMILES string of the molecule is CC/C=C\C/C=C\C/C=C\C/C=C\C/C=C\C/C=C\CCC(=O)OCC(COC(=O)CCCCCCCCCCCC)OC(=O)CCCCCCCC/C=C\C=C/CCCCC. The molecule has 0 bridgehead atoms. The zero-order chi connectivity index (χ0) is 45.1. The topological polar surface area (TPSA) is 78.9 Å². The predicted molar refractivity (Wildman–Crippen MR) is 265 cm³/mol. The second-order valence-electron chi connectivity index (χ2n) is 16.4. The van der Waals surface area contributed by atoms with Gasteiger partial charge >= 0.3 is 17.9 Å². The molecule has 0 aromatic carbocycles. The fraction of sp³-hybridized carbons (Fsp3) is 0.661. The summed E-state index contributed by atoms with van der Waals surface area (Å²) in [4.78, 5) is 37.9. The summed E-state index contributed by atoms with van der Waals surface area (Å²) in [5.74, 6) is -1.01. The van der Waals surface area contributed by atoms with Crippen molar-refractivity contribution < 1.29 is 28.6 Å². The number of ether oxygens (including phenoxy) is 3. The molecule has 1 unspecified atom stereocenters. The number of rotatable bonds is 44. The van der Waals surface area contributed by atoms with Crippen molar-refractivity contribution in [3.05, 3.63) is 97.2 Å². The maximum Gasteiger partial charge on any atom is 0.306 e. The summed E-state index contributed by atoms with van der Waals surface area (Å²) in [6.45, 7) is 6.39. The van der Waals surface area contributed by atoms with Gasteiger partial charge in [-0.05, 0) is 83.5 Å². The van der Waals surface area contributed by atoms with Gasteiger partial charge in [-0.1, -0.05) is 214 Å². The largest absolute Gasteiger partial charge is 0.462 e. The second-order valence-corrected chi connectivity index (χ2v) is 16.4. The van der Waals surface area contributed by atoms with Crippen LogP contribution in [-0.4, -0.2) is 37.2 Å². The highest BCUT2D eigenvalue weighted by Gasteiger charge is 2.19. The first kappa shape index (κ1) is 58.3. The Morgan fingerprint density at radius 3 is 1.18 bits per heavy atom. The molecule has 0 rings (SSSR count). The third-order valence-electron chi connectivity index (χ3n) is 10.4. The van der Waals surface area contributed by atoms with E-state index in [0.29, 0.717) is 19.3 Å². The maximum atomic E-state index is 12.8. The molecule has 0 heterocycles. The molecule has 352 valence electrons. The number of esters is 3. The van der Waals surface area contributed by atoms with E-state index in [9.17, 15) is 14.4 Å². The average molecular weight is 861 g/mol. The van der Waals surface area contributed by atoms with Gasteiger partial charge in [0.2, 0.25) is 0 Å². The van der Waals surface area contributed by atoms with Gasteiger partial charge in [0.05, 0.1) is 0 Å². The molecule has 0 N–H and O–H groups in total. The molecule has 0 spiro atoms. The van der Waals surface area contributed by atoms with E-state index in [-0.39, 0.29) is 37.5 Å². The molecule has 0 radical (unpaired) electrons. The third-order valence-corrected chi connectivity index (χ3v) is 10.4. The van der Waals surface area contributed by atoms with E-state index in [0.717, 1.165) is 89.9 Å². The molecule has 0 fully saturated rings. The Morgan fingerprint density at radius 2 is 0.710 bits per heavy atom. The van der Waals surface area contributed by atoms with Gasteiger partial charge < -0.3 is 14.2 Å². The van der Waals surface area contributed by atoms with E-state index in [1.165, 1.54) is 83.5 Å². The maximum absolute atomic E-state index is 12.8. The molecule has 0 aliphatic carbocycles. The van der Waals surface area contributed by atoms with Crippen LogP contribution < -0.4 is 0 Å². The zero-order valence-electron chi connectivity index (χ0n) is 40.1. The van der Waals surface area contributed by atoms with E-state index in [1.54, 1.807) is 0 Å². The number of carbonyl (C=O) groups is 3. The lowest BCUT2D eigenvalue weighted by Gasteiger charge is -2.18. The lowest BCUT2D eigenvalue weighted by molar-refractivity contribution is -0.166. The minimum absolute atomic E-state index is 0.105. The highest BCUT2D eigenvalue weighted by molar-refractivity contribution is 5.71. The van der Waals surface area contributed by atoms with Crippen LogP contribution in [0.15, 0.2) is 97.2 Å². The van der Waals surface area contributed by atoms with Crippen molar-refractivity contribution in [2.75, 3.05) is 13.2 Å². The van der Waals surface area contributed by atoms with Gasteiger partial charge in [-0.25, -0.2) is 0 Å². The van der Waals surface area contributed by atoms with Crippen molar-refractivity contribution in [2.45, 2.75) is 226 Å². The molecule has 0 saturated carbocycles. The first-order valence-electron chi connectivity index (χ1n) is 25.3. The van der Waals surface area contributed by atoms with Crippen molar-refractivity contribution in [1.82, 2.24) is 0 Å². The summed E-state index contributed by atoms with van der Waals surface area (Å²) in [6, 6.07) is 0. The predicted octanol–water partition coefficient (Wildman–Crippen LogP) is 16.6. The summed E-state index contributed by atoms with van der Waals surface area (Å²) < 4.78 is 16.7. The molecular weight excluding hydrogens is 769 g/mol. The van der Waals surface area contributed by atoms with E-state index < -0.39 is 6.10 Å². The van der Waals surface area contributed by atoms with Crippen molar-refractivity contribution in [3.8, 4) is 0 Å². The summed E-state index contributed by atoms with van der Waals surface area (Å²) in [5.41, 5.74) is 0. The van der Waals surface area contributed by atoms with Crippen LogP contribution in [0.4, 0.5) is 0 Å². The third kappa shape index (κ3) is 47.4. The van der Waals surface area contributed by atoms with Crippen molar-refractivity contribution >= 4 is 17.9 Å². The first-order chi connectivity index (χ1) is 30.5. The van der Waals surface area contributed by atoms with Crippen LogP contribution in [0.2, 0.25) is 0 Å². The molecule has 0 aliphatic heterocycles. The van der Waals surface area contributed by atoms with E-state index in [2.05, 4.69) is 106 Å². The lowest BCUT2D eigenvalue weighted by Crippen LogP contribution is -2.30. The average Bonchev–Trinajstić information content (AvgIpc) is 3.27. The molecule has 0 aromatic heterocycles. The number of hydrogen-bond acceptors (Lipinski definition) is 6. The Labute approximate surface area is 381 Å². The molecule has 0 amide bonds. The summed E-state index contributed by atoms with van der Waals surface area (Å²) in [7, 11) is 0. The van der Waals surface area contributed by atoms with Gasteiger partial charge in [-0.3, -0.25) is 14.4 Å². The van der Waals surface area contributed by atoms with Crippen LogP contribution in [0.1, 0.15) is 220 Å². The number of unbranched alkanes of at least 4 members (excludes halogenated alkanes) is 18. The van der Waals surface area contributed by atoms with Crippen LogP contribution in [0.25, 0.3) is 0 Å². The number of carbonyl (C=O) groups excluding carboxylic acids is 3. The van der Waals surface area contributed by atoms with E-state index >= 15 is 0 Å². The fourth-order valence-electron chi connectivity index (χ4n) is 6.58. The molecule has 6 nitrogen and oxygen atoms in total. The Morgan fingerprint density at radius 1 is 0.355 bits per heavy atom. The molecule has 0 aromatic rings. The van der Waals surface area contributed by atoms with Crippen LogP contribution in [-0.2, 0) is 28.6 Å². The molecule has 62 heavy (non-hydrogen) atoms. The van der Waals surface area contributed by atoms with Gasteiger partial charge in [-0.2, -0.15) is 0 Å². The normalized spacial score (nSPS) is 12.9. The molecule has 0 saturated heterocycles. The van der Waals surface area contributed by atoms with Crippen LogP contribution >= 0.6 is 0 Å². The zero-order valence-corrected chi connectivity index (χ0v) is 40.1. The van der Waals surface area contributed by atoms with Crippen LogP contribution in [0.5, 0.6) is 0 Å². The highest BCUT2D eigenvalue weighted by Crippen LogP contribution is 2.13. The summed E-state index contributed by atoms with van der Waals surface area (Å²) in [5, 5.41) is 0. The van der Waals surface area contributed by atoms with Gasteiger partial charge in [0.15, 0.2) is 6.10 Å². The van der Waals surface area contributed by atoms with Crippen LogP contribution in [0.3, 0.4) is 0 Å². The van der Waals surface area contributed by atoms with Gasteiger partial charge in [0.1, 0.15) is 13.2 Å². The quantitative estimate of drug-likeness (QED) is 0.0200. The van der Waals surface area contributed by atoms with Gasteiger partial charge in [0.25, 0.3) is 0 Å². The fourth-order valence-corrected chi connectivity index (χ4v) is 6.58. The Bertz CT molecular complexity index is 1260. The van der Waals surface area contributed by atoms with Gasteiger partial charge in [-0.15, -0.1) is 0 Å². The second kappa shape index (κ2) is 50.0. The molecular formula is C56H92O6. The molecule has 6 heteroatoms. The van der Waals surface area contributed by atoms with Crippen LogP contribution in [0, 0.1) is 0 Å². The Balaban J connectivity index is 4.50. The first-order valence-corrected chi connectivity index (χ1v) is 25.3. The minimum atomic E-state index is -0.812.